The first-order valence-corrected chi connectivity index (χ1v) is 9.15. The van der Waals surface area contributed by atoms with E-state index in [2.05, 4.69) is 24.8 Å². The zero-order valence-electron chi connectivity index (χ0n) is 16.7. The van der Waals surface area contributed by atoms with E-state index in [9.17, 15) is 36.2 Å². The lowest BCUT2D eigenvalue weighted by Crippen LogP contribution is -2.38. The monoisotopic (exact) mass is 480 g/mol. The summed E-state index contributed by atoms with van der Waals surface area (Å²) in [6.45, 7) is -4.83. The van der Waals surface area contributed by atoms with Crippen LogP contribution in [0.15, 0.2) is 30.6 Å². The largest absolute Gasteiger partial charge is 0.522 e. The molecule has 0 unspecified atom stereocenters. The van der Waals surface area contributed by atoms with Crippen LogP contribution in [-0.4, -0.2) is 53.2 Å². The summed E-state index contributed by atoms with van der Waals surface area (Å²) in [4.78, 5) is 19.7. The number of ether oxygens (including phenoxy) is 2. The molecule has 0 fully saturated rings. The molecule has 180 valence electrons. The van der Waals surface area contributed by atoms with Crippen LogP contribution in [0.1, 0.15) is 27.9 Å². The quantitative estimate of drug-likeness (QED) is 0.447. The van der Waals surface area contributed by atoms with Crippen LogP contribution < -0.4 is 15.8 Å². The molecule has 33 heavy (non-hydrogen) atoms. The number of alkyl halides is 5. The number of rotatable bonds is 10. The van der Waals surface area contributed by atoms with Gasteiger partial charge in [0.05, 0.1) is 24.8 Å². The average Bonchev–Trinajstić information content (AvgIpc) is 2.73. The van der Waals surface area contributed by atoms with Gasteiger partial charge in [0.25, 0.3) is 5.91 Å². The normalized spacial score (nSPS) is 13.2. The van der Waals surface area contributed by atoms with Gasteiger partial charge in [-0.05, 0) is 30.7 Å². The highest BCUT2D eigenvalue weighted by Gasteiger charge is 2.29. The van der Waals surface area contributed by atoms with Crippen molar-refractivity contribution in [3.63, 3.8) is 0 Å². The van der Waals surface area contributed by atoms with Crippen molar-refractivity contribution >= 4 is 23.8 Å². The Labute approximate surface area is 183 Å². The highest BCUT2D eigenvalue weighted by Crippen LogP contribution is 2.31. The van der Waals surface area contributed by atoms with Gasteiger partial charge in [-0.15, -0.1) is 13.2 Å². The fraction of sp³-hybridized carbons (Fsp3) is 0.316. The van der Waals surface area contributed by atoms with Gasteiger partial charge in [0.2, 0.25) is 5.95 Å². The van der Waals surface area contributed by atoms with Crippen LogP contribution in [-0.2, 0) is 4.74 Å². The first-order valence-electron chi connectivity index (χ1n) is 9.15. The Hall–Kier alpha value is -3.39. The Balaban J connectivity index is 2.25. The number of aliphatic hydroxyl groups is 1. The number of nitrogens with one attached hydrogen (secondary N) is 1. The number of anilines is 1. The lowest BCUT2D eigenvalue weighted by molar-refractivity contribution is -0.325. The molecule has 0 spiro atoms. The topological polar surface area (TPSA) is 120 Å². The summed E-state index contributed by atoms with van der Waals surface area (Å²) in [5.74, 6) is -2.64. The second kappa shape index (κ2) is 11.5. The molecule has 8 nitrogen and oxygen atoms in total. The van der Waals surface area contributed by atoms with E-state index >= 15 is 0 Å². The van der Waals surface area contributed by atoms with Crippen molar-refractivity contribution in [2.75, 3.05) is 18.9 Å². The predicted octanol–water partition coefficient (Wildman–Crippen LogP) is 3.15. The molecule has 4 N–H and O–H groups in total. The SMILES string of the molecule is Nc1ncc(/C=C(\F)c2cc(C(=O)N[C@H](CO)CCOC(F)(F)F)ccc2OC(F)F)cn1. The molecule has 0 saturated carbocycles. The third kappa shape index (κ3) is 8.57. The molecule has 0 radical (unpaired) electrons. The first-order chi connectivity index (χ1) is 15.5. The number of carbonyl (C=O) groups excluding carboxylic acids is 1. The molecule has 14 heteroatoms. The number of benzene rings is 1. The fourth-order valence-corrected chi connectivity index (χ4v) is 2.50. The van der Waals surface area contributed by atoms with Gasteiger partial charge in [0.15, 0.2) is 0 Å². The maximum Gasteiger partial charge on any atom is 0.522 e. The van der Waals surface area contributed by atoms with Gasteiger partial charge in [-0.25, -0.2) is 14.4 Å². The highest BCUT2D eigenvalue weighted by molar-refractivity contribution is 5.96. The number of hydrogen-bond acceptors (Lipinski definition) is 7. The summed E-state index contributed by atoms with van der Waals surface area (Å²) in [7, 11) is 0. The van der Waals surface area contributed by atoms with E-state index in [0.29, 0.717) is 0 Å². The lowest BCUT2D eigenvalue weighted by Gasteiger charge is -2.17. The molecule has 2 rings (SSSR count). The van der Waals surface area contributed by atoms with Crippen LogP contribution >= 0.6 is 0 Å². The summed E-state index contributed by atoms with van der Waals surface area (Å²) >= 11 is 0. The van der Waals surface area contributed by atoms with E-state index in [1.165, 1.54) is 12.4 Å². The molecule has 0 aliphatic heterocycles. The second-order valence-electron chi connectivity index (χ2n) is 6.39. The van der Waals surface area contributed by atoms with Gasteiger partial charge >= 0.3 is 13.0 Å². The molecule has 1 aromatic carbocycles. The lowest BCUT2D eigenvalue weighted by atomic mass is 10.1. The Morgan fingerprint density at radius 2 is 1.91 bits per heavy atom. The minimum Gasteiger partial charge on any atom is -0.434 e. The van der Waals surface area contributed by atoms with Crippen molar-refractivity contribution in [2.24, 2.45) is 0 Å². The van der Waals surface area contributed by atoms with Crippen LogP contribution in [0, 0.1) is 0 Å². The summed E-state index contributed by atoms with van der Waals surface area (Å²) < 4.78 is 84.4. The predicted molar refractivity (Wildman–Crippen MR) is 103 cm³/mol. The highest BCUT2D eigenvalue weighted by atomic mass is 19.4. The number of aromatic nitrogens is 2. The van der Waals surface area contributed by atoms with Crippen LogP contribution in [0.25, 0.3) is 11.9 Å². The number of amides is 1. The third-order valence-corrected chi connectivity index (χ3v) is 3.99. The number of nitrogens with two attached hydrogens (primary N) is 1. The number of aliphatic hydroxyl groups excluding tert-OH is 1. The summed E-state index contributed by atoms with van der Waals surface area (Å²) in [5.41, 5.74) is 4.72. The van der Waals surface area contributed by atoms with Gasteiger partial charge in [-0.3, -0.25) is 9.53 Å². The smallest absolute Gasteiger partial charge is 0.434 e. The molecule has 0 aliphatic rings. The molecular weight excluding hydrogens is 462 g/mol. The van der Waals surface area contributed by atoms with Gasteiger partial charge in [-0.2, -0.15) is 8.78 Å². The average molecular weight is 480 g/mol. The Morgan fingerprint density at radius 1 is 1.24 bits per heavy atom. The van der Waals surface area contributed by atoms with E-state index in [1.807, 2.05) is 0 Å². The number of nitrogen functional groups attached to an aromatic ring is 1. The molecule has 1 heterocycles. The van der Waals surface area contributed by atoms with Crippen LogP contribution in [0.2, 0.25) is 0 Å². The molecule has 1 aromatic heterocycles. The van der Waals surface area contributed by atoms with Crippen molar-refractivity contribution < 1.29 is 45.7 Å². The fourth-order valence-electron chi connectivity index (χ4n) is 2.50. The van der Waals surface area contributed by atoms with Gasteiger partial charge < -0.3 is 20.9 Å². The Morgan fingerprint density at radius 3 is 2.48 bits per heavy atom. The third-order valence-electron chi connectivity index (χ3n) is 3.99. The van der Waals surface area contributed by atoms with Gasteiger partial charge in [0, 0.05) is 23.5 Å². The number of halogens is 6. The Bertz CT molecular complexity index is 970. The van der Waals surface area contributed by atoms with E-state index < -0.39 is 55.3 Å². The maximum absolute atomic E-state index is 14.8. The molecular formula is C19H18F6N4O4. The van der Waals surface area contributed by atoms with Crippen LogP contribution in [0.3, 0.4) is 0 Å². The van der Waals surface area contributed by atoms with E-state index in [1.54, 1.807) is 0 Å². The number of nitrogens with zero attached hydrogens (tertiary/aromatic N) is 2. The van der Waals surface area contributed by atoms with E-state index in [4.69, 9.17) is 5.73 Å². The van der Waals surface area contributed by atoms with E-state index in [-0.39, 0.29) is 23.5 Å². The number of carbonyl (C=O) groups is 1. The summed E-state index contributed by atoms with van der Waals surface area (Å²) in [6, 6.07) is 1.74. The van der Waals surface area contributed by atoms with Crippen LogP contribution in [0.5, 0.6) is 5.75 Å². The molecule has 1 atom stereocenters. The number of hydrogen-bond donors (Lipinski definition) is 3. The van der Waals surface area contributed by atoms with Crippen molar-refractivity contribution in [1.82, 2.24) is 15.3 Å². The van der Waals surface area contributed by atoms with Crippen molar-refractivity contribution in [3.8, 4) is 5.75 Å². The van der Waals surface area contributed by atoms with Crippen molar-refractivity contribution in [2.45, 2.75) is 25.4 Å². The van der Waals surface area contributed by atoms with Crippen LogP contribution in [0.4, 0.5) is 32.3 Å². The molecule has 2 aromatic rings. The van der Waals surface area contributed by atoms with Crippen molar-refractivity contribution in [1.29, 1.82) is 0 Å². The second-order valence-corrected chi connectivity index (χ2v) is 6.39. The first kappa shape index (κ1) is 25.9. The van der Waals surface area contributed by atoms with E-state index in [0.717, 1.165) is 24.3 Å². The molecule has 0 aliphatic carbocycles. The Kier molecular flexibility index (Phi) is 8.99. The summed E-state index contributed by atoms with van der Waals surface area (Å²) in [6.07, 6.45) is -2.03. The van der Waals surface area contributed by atoms with Gasteiger partial charge in [0.1, 0.15) is 11.6 Å². The molecule has 0 saturated heterocycles. The molecule has 1 amide bonds. The standard InChI is InChI=1S/C19H18F6N4O4/c20-14(5-10-7-27-18(26)28-8-10)13-6-11(1-2-15(13)33-17(21)22)16(31)29-12(9-30)3-4-32-19(23,24)25/h1-2,5-8,12,17,30H,3-4,9H2,(H,29,31)(H2,26,27,28)/b14-5-/t12-/m0/s1. The minimum absolute atomic E-state index is 0.0768. The molecule has 0 bridgehead atoms. The summed E-state index contributed by atoms with van der Waals surface area (Å²) in [5, 5.41) is 11.5. The van der Waals surface area contributed by atoms with Crippen molar-refractivity contribution in [3.05, 3.63) is 47.3 Å². The zero-order valence-corrected chi connectivity index (χ0v) is 16.7. The van der Waals surface area contributed by atoms with Gasteiger partial charge in [-0.1, -0.05) is 0 Å². The minimum atomic E-state index is -4.88. The maximum atomic E-state index is 14.8. The zero-order chi connectivity index (χ0) is 24.6.